The third-order valence-corrected chi connectivity index (χ3v) is 4.58. The number of carboxylic acids is 1. The zero-order valence-corrected chi connectivity index (χ0v) is 12.3. The Bertz CT molecular complexity index is 353. The summed E-state index contributed by atoms with van der Waals surface area (Å²) in [4.78, 5) is 25.2. The Hall–Kier alpha value is -1.10. The van der Waals surface area contributed by atoms with E-state index < -0.39 is 12.0 Å². The molecule has 5 nitrogen and oxygen atoms in total. The van der Waals surface area contributed by atoms with Gasteiger partial charge in [-0.3, -0.25) is 14.5 Å². The van der Waals surface area contributed by atoms with E-state index in [2.05, 4.69) is 12.2 Å². The van der Waals surface area contributed by atoms with Gasteiger partial charge in [-0.2, -0.15) is 0 Å². The fraction of sp³-hybridized carbons (Fsp3) is 0.867. The van der Waals surface area contributed by atoms with E-state index >= 15 is 0 Å². The number of carboxylic acid groups (broad SMARTS) is 1. The number of piperidine rings is 1. The highest BCUT2D eigenvalue weighted by Crippen LogP contribution is 2.22. The zero-order valence-electron chi connectivity index (χ0n) is 12.3. The number of nitrogens with one attached hydrogen (secondary N) is 1. The van der Waals surface area contributed by atoms with Crippen LogP contribution in [0, 0.1) is 5.92 Å². The Balaban J connectivity index is 1.83. The van der Waals surface area contributed by atoms with Crippen molar-refractivity contribution in [3.63, 3.8) is 0 Å². The Kier molecular flexibility index (Phi) is 5.40. The molecule has 2 unspecified atom stereocenters. The second-order valence-corrected chi connectivity index (χ2v) is 6.36. The number of amides is 1. The molecule has 1 amide bonds. The molecule has 2 aliphatic rings. The van der Waals surface area contributed by atoms with Gasteiger partial charge in [0, 0.05) is 6.04 Å². The smallest absolute Gasteiger partial charge is 0.320 e. The van der Waals surface area contributed by atoms with Gasteiger partial charge in [0.2, 0.25) is 5.91 Å². The van der Waals surface area contributed by atoms with E-state index in [0.29, 0.717) is 24.9 Å². The normalized spacial score (nSPS) is 29.1. The van der Waals surface area contributed by atoms with Crippen molar-refractivity contribution in [2.75, 3.05) is 13.1 Å². The van der Waals surface area contributed by atoms with Gasteiger partial charge in [0.15, 0.2) is 0 Å². The molecule has 1 saturated carbocycles. The fourth-order valence-electron chi connectivity index (χ4n) is 3.34. The van der Waals surface area contributed by atoms with E-state index in [0.717, 1.165) is 19.3 Å². The van der Waals surface area contributed by atoms with Crippen LogP contribution in [-0.4, -0.2) is 47.1 Å². The van der Waals surface area contributed by atoms with Gasteiger partial charge >= 0.3 is 5.97 Å². The van der Waals surface area contributed by atoms with Crippen LogP contribution in [0.1, 0.15) is 51.9 Å². The molecule has 1 saturated heterocycles. The van der Waals surface area contributed by atoms with Crippen LogP contribution in [0.3, 0.4) is 0 Å². The first-order valence-electron chi connectivity index (χ1n) is 7.82. The van der Waals surface area contributed by atoms with Crippen LogP contribution in [0.4, 0.5) is 0 Å². The van der Waals surface area contributed by atoms with Crippen molar-refractivity contribution >= 4 is 11.9 Å². The number of likely N-dealkylation sites (tertiary alicyclic amines) is 1. The third-order valence-electron chi connectivity index (χ3n) is 4.58. The average molecular weight is 282 g/mol. The van der Waals surface area contributed by atoms with Gasteiger partial charge in [0.1, 0.15) is 6.04 Å². The molecular weight excluding hydrogens is 256 g/mol. The number of hydrogen-bond donors (Lipinski definition) is 2. The molecule has 0 aromatic rings. The van der Waals surface area contributed by atoms with Crippen LogP contribution < -0.4 is 5.32 Å². The van der Waals surface area contributed by atoms with Crippen LogP contribution >= 0.6 is 0 Å². The molecule has 1 aliphatic heterocycles. The van der Waals surface area contributed by atoms with Crippen molar-refractivity contribution in [2.24, 2.45) is 5.92 Å². The van der Waals surface area contributed by atoms with E-state index in [4.69, 9.17) is 0 Å². The predicted octanol–water partition coefficient (Wildman–Crippen LogP) is 1.62. The minimum atomic E-state index is -0.804. The quantitative estimate of drug-likeness (QED) is 0.822. The molecule has 0 spiro atoms. The molecule has 0 radical (unpaired) electrons. The minimum Gasteiger partial charge on any atom is -0.480 e. The summed E-state index contributed by atoms with van der Waals surface area (Å²) in [6, 6.07) is -0.209. The van der Waals surface area contributed by atoms with Crippen LogP contribution in [0.25, 0.3) is 0 Å². The first kappa shape index (κ1) is 15.3. The highest BCUT2D eigenvalue weighted by atomic mass is 16.4. The first-order chi connectivity index (χ1) is 9.56. The van der Waals surface area contributed by atoms with Gasteiger partial charge in [-0.15, -0.1) is 0 Å². The van der Waals surface area contributed by atoms with Crippen molar-refractivity contribution in [1.29, 1.82) is 0 Å². The van der Waals surface area contributed by atoms with E-state index in [-0.39, 0.29) is 12.5 Å². The molecule has 2 rings (SSSR count). The molecule has 1 heterocycles. The zero-order chi connectivity index (χ0) is 14.5. The lowest BCUT2D eigenvalue weighted by Gasteiger charge is -2.35. The van der Waals surface area contributed by atoms with Gasteiger partial charge < -0.3 is 10.4 Å². The Morgan fingerprint density at radius 2 is 1.90 bits per heavy atom. The summed E-state index contributed by atoms with van der Waals surface area (Å²) in [6.45, 7) is 3.01. The molecular formula is C15H26N2O3. The number of aliphatic carboxylic acids is 1. The maximum absolute atomic E-state index is 12.1. The van der Waals surface area contributed by atoms with Crippen molar-refractivity contribution < 1.29 is 14.7 Å². The van der Waals surface area contributed by atoms with E-state index in [1.54, 1.807) is 0 Å². The number of carbonyl (C=O) groups is 2. The SMILES string of the molecule is CC1CCN(CC(=O)NC2CCCCC2)C(C(=O)O)C1. The summed E-state index contributed by atoms with van der Waals surface area (Å²) in [5.41, 5.74) is 0. The van der Waals surface area contributed by atoms with Crippen molar-refractivity contribution in [3.05, 3.63) is 0 Å². The summed E-state index contributed by atoms with van der Waals surface area (Å²) in [6.07, 6.45) is 7.37. The molecule has 5 heteroatoms. The van der Waals surface area contributed by atoms with E-state index in [9.17, 15) is 14.7 Å². The molecule has 2 fully saturated rings. The molecule has 20 heavy (non-hydrogen) atoms. The van der Waals surface area contributed by atoms with Gasteiger partial charge in [-0.1, -0.05) is 26.2 Å². The molecule has 114 valence electrons. The Labute approximate surface area is 120 Å². The second-order valence-electron chi connectivity index (χ2n) is 6.36. The standard InChI is InChI=1S/C15H26N2O3/c1-11-7-8-17(13(9-11)15(19)20)10-14(18)16-12-5-3-2-4-6-12/h11-13H,2-10H2,1H3,(H,16,18)(H,19,20). The molecule has 0 bridgehead atoms. The maximum Gasteiger partial charge on any atom is 0.320 e. The predicted molar refractivity (Wildman–Crippen MR) is 76.4 cm³/mol. The maximum atomic E-state index is 12.1. The largest absolute Gasteiger partial charge is 0.480 e. The van der Waals surface area contributed by atoms with Crippen molar-refractivity contribution in [3.8, 4) is 0 Å². The van der Waals surface area contributed by atoms with Crippen molar-refractivity contribution in [1.82, 2.24) is 10.2 Å². The Morgan fingerprint density at radius 3 is 2.55 bits per heavy atom. The minimum absolute atomic E-state index is 0.0160. The monoisotopic (exact) mass is 282 g/mol. The summed E-state index contributed by atoms with van der Waals surface area (Å²) < 4.78 is 0. The number of rotatable bonds is 4. The fourth-order valence-corrected chi connectivity index (χ4v) is 3.34. The first-order valence-corrected chi connectivity index (χ1v) is 7.82. The summed E-state index contributed by atoms with van der Waals surface area (Å²) in [5.74, 6) is -0.395. The van der Waals surface area contributed by atoms with E-state index in [1.807, 2.05) is 4.90 Å². The van der Waals surface area contributed by atoms with E-state index in [1.165, 1.54) is 19.3 Å². The lowest BCUT2D eigenvalue weighted by Crippen LogP contribution is -2.51. The lowest BCUT2D eigenvalue weighted by molar-refractivity contribution is -0.146. The Morgan fingerprint density at radius 1 is 1.20 bits per heavy atom. The van der Waals surface area contributed by atoms with Gasteiger partial charge in [-0.25, -0.2) is 0 Å². The molecule has 1 aliphatic carbocycles. The van der Waals surface area contributed by atoms with Crippen LogP contribution in [0.2, 0.25) is 0 Å². The van der Waals surface area contributed by atoms with Crippen LogP contribution in [0.15, 0.2) is 0 Å². The number of hydrogen-bond acceptors (Lipinski definition) is 3. The van der Waals surface area contributed by atoms with Gasteiger partial charge in [0.25, 0.3) is 0 Å². The van der Waals surface area contributed by atoms with Crippen LogP contribution in [-0.2, 0) is 9.59 Å². The average Bonchev–Trinajstić information content (AvgIpc) is 2.41. The second kappa shape index (κ2) is 7.07. The van der Waals surface area contributed by atoms with Gasteiger partial charge in [-0.05, 0) is 38.1 Å². The molecule has 2 N–H and O–H groups in total. The molecule has 0 aromatic carbocycles. The van der Waals surface area contributed by atoms with Crippen molar-refractivity contribution in [2.45, 2.75) is 64.0 Å². The third kappa shape index (κ3) is 4.20. The molecule has 2 atom stereocenters. The number of carbonyl (C=O) groups excluding carboxylic acids is 1. The van der Waals surface area contributed by atoms with Gasteiger partial charge in [0.05, 0.1) is 6.54 Å². The summed E-state index contributed by atoms with van der Waals surface area (Å²) in [7, 11) is 0. The highest BCUT2D eigenvalue weighted by molar-refractivity contribution is 5.80. The topological polar surface area (TPSA) is 69.6 Å². The highest BCUT2D eigenvalue weighted by Gasteiger charge is 2.32. The lowest BCUT2D eigenvalue weighted by atomic mass is 9.92. The molecule has 0 aromatic heterocycles. The van der Waals surface area contributed by atoms with Crippen LogP contribution in [0.5, 0.6) is 0 Å². The number of nitrogens with zero attached hydrogens (tertiary/aromatic N) is 1. The summed E-state index contributed by atoms with van der Waals surface area (Å²) in [5, 5.41) is 12.4. The summed E-state index contributed by atoms with van der Waals surface area (Å²) >= 11 is 0.